The van der Waals surface area contributed by atoms with E-state index in [9.17, 15) is 0 Å². The molecule has 0 aliphatic carbocycles. The highest BCUT2D eigenvalue weighted by Gasteiger charge is 2.01. The van der Waals surface area contributed by atoms with E-state index < -0.39 is 0 Å². The fraction of sp³-hybridized carbons (Fsp3) is 0.333. The fourth-order valence-corrected chi connectivity index (χ4v) is 1.90. The van der Waals surface area contributed by atoms with E-state index in [0.29, 0.717) is 0 Å². The SMILES string of the molecule is CCOC(C)CNc1ccc2ccccc2c1. The van der Waals surface area contributed by atoms with Crippen LogP contribution in [0.3, 0.4) is 0 Å². The van der Waals surface area contributed by atoms with Gasteiger partial charge in [-0.25, -0.2) is 0 Å². The molecular formula is C15H19NO. The fourth-order valence-electron chi connectivity index (χ4n) is 1.90. The molecule has 2 aromatic rings. The van der Waals surface area contributed by atoms with Crippen molar-refractivity contribution in [2.24, 2.45) is 0 Å². The predicted octanol–water partition coefficient (Wildman–Crippen LogP) is 3.68. The van der Waals surface area contributed by atoms with Gasteiger partial charge in [-0.1, -0.05) is 30.3 Å². The third-order valence-corrected chi connectivity index (χ3v) is 2.79. The van der Waals surface area contributed by atoms with Crippen molar-refractivity contribution in [2.45, 2.75) is 20.0 Å². The Kier molecular flexibility index (Phi) is 3.99. The Morgan fingerprint density at radius 2 is 1.88 bits per heavy atom. The van der Waals surface area contributed by atoms with Crippen LogP contribution in [0.4, 0.5) is 5.69 Å². The minimum absolute atomic E-state index is 0.242. The molecule has 0 amide bonds. The van der Waals surface area contributed by atoms with E-state index in [2.05, 4.69) is 54.7 Å². The maximum absolute atomic E-state index is 5.49. The van der Waals surface area contributed by atoms with E-state index >= 15 is 0 Å². The summed E-state index contributed by atoms with van der Waals surface area (Å²) >= 11 is 0. The van der Waals surface area contributed by atoms with Crippen LogP contribution < -0.4 is 5.32 Å². The van der Waals surface area contributed by atoms with Gasteiger partial charge in [0.05, 0.1) is 6.10 Å². The molecule has 0 saturated carbocycles. The first-order valence-electron chi connectivity index (χ1n) is 6.14. The third kappa shape index (κ3) is 3.21. The normalized spacial score (nSPS) is 12.6. The van der Waals surface area contributed by atoms with E-state index in [1.807, 2.05) is 6.92 Å². The maximum Gasteiger partial charge on any atom is 0.0719 e. The first kappa shape index (κ1) is 11.9. The molecule has 90 valence electrons. The average Bonchev–Trinajstić information content (AvgIpc) is 2.36. The summed E-state index contributed by atoms with van der Waals surface area (Å²) in [6.45, 7) is 5.71. The third-order valence-electron chi connectivity index (χ3n) is 2.79. The van der Waals surface area contributed by atoms with Gasteiger partial charge in [-0.3, -0.25) is 0 Å². The summed E-state index contributed by atoms with van der Waals surface area (Å²) in [4.78, 5) is 0. The Labute approximate surface area is 103 Å². The molecule has 0 radical (unpaired) electrons. The van der Waals surface area contributed by atoms with Crippen LogP contribution in [0.1, 0.15) is 13.8 Å². The zero-order valence-corrected chi connectivity index (χ0v) is 10.4. The molecule has 2 nitrogen and oxygen atoms in total. The molecule has 0 spiro atoms. The zero-order valence-electron chi connectivity index (χ0n) is 10.4. The van der Waals surface area contributed by atoms with Crippen LogP contribution in [0.25, 0.3) is 10.8 Å². The lowest BCUT2D eigenvalue weighted by molar-refractivity contribution is 0.0855. The smallest absolute Gasteiger partial charge is 0.0719 e. The number of nitrogens with one attached hydrogen (secondary N) is 1. The lowest BCUT2D eigenvalue weighted by Crippen LogP contribution is -2.19. The van der Waals surface area contributed by atoms with Gasteiger partial charge in [0.1, 0.15) is 0 Å². The van der Waals surface area contributed by atoms with E-state index in [4.69, 9.17) is 4.74 Å². The number of rotatable bonds is 5. The Hall–Kier alpha value is -1.54. The van der Waals surface area contributed by atoms with Gasteiger partial charge in [-0.15, -0.1) is 0 Å². The minimum Gasteiger partial charge on any atom is -0.382 e. The number of hydrogen-bond acceptors (Lipinski definition) is 2. The summed E-state index contributed by atoms with van der Waals surface area (Å²) in [5.74, 6) is 0. The van der Waals surface area contributed by atoms with Gasteiger partial charge >= 0.3 is 0 Å². The average molecular weight is 229 g/mol. The second-order valence-electron chi connectivity index (χ2n) is 4.21. The van der Waals surface area contributed by atoms with Gasteiger partial charge in [-0.2, -0.15) is 0 Å². The van der Waals surface area contributed by atoms with Gasteiger partial charge in [0.15, 0.2) is 0 Å². The Morgan fingerprint density at radius 1 is 1.12 bits per heavy atom. The summed E-state index contributed by atoms with van der Waals surface area (Å²) in [5, 5.41) is 5.94. The summed E-state index contributed by atoms with van der Waals surface area (Å²) in [7, 11) is 0. The van der Waals surface area contributed by atoms with Crippen LogP contribution in [0, 0.1) is 0 Å². The topological polar surface area (TPSA) is 21.3 Å². The van der Waals surface area contributed by atoms with E-state index in [0.717, 1.165) is 18.8 Å². The summed E-state index contributed by atoms with van der Waals surface area (Å²) < 4.78 is 5.49. The van der Waals surface area contributed by atoms with Gasteiger partial charge < -0.3 is 10.1 Å². The maximum atomic E-state index is 5.49. The Bertz CT molecular complexity index is 481. The molecule has 2 rings (SSSR count). The highest BCUT2D eigenvalue weighted by Crippen LogP contribution is 2.18. The molecule has 0 aliphatic heterocycles. The molecule has 0 aromatic heterocycles. The van der Waals surface area contributed by atoms with Crippen LogP contribution in [0.15, 0.2) is 42.5 Å². The molecular weight excluding hydrogens is 210 g/mol. The van der Waals surface area contributed by atoms with Gasteiger partial charge in [0, 0.05) is 18.8 Å². The number of anilines is 1. The van der Waals surface area contributed by atoms with Crippen LogP contribution in [0.5, 0.6) is 0 Å². The molecule has 0 bridgehead atoms. The number of fused-ring (bicyclic) bond motifs is 1. The molecule has 0 heterocycles. The monoisotopic (exact) mass is 229 g/mol. The highest BCUT2D eigenvalue weighted by molar-refractivity contribution is 5.85. The summed E-state index contributed by atoms with van der Waals surface area (Å²) in [6, 6.07) is 14.8. The van der Waals surface area contributed by atoms with Crippen LogP contribution in [-0.2, 0) is 4.74 Å². The molecule has 17 heavy (non-hydrogen) atoms. The van der Waals surface area contributed by atoms with Crippen molar-refractivity contribution in [1.29, 1.82) is 0 Å². The summed E-state index contributed by atoms with van der Waals surface area (Å²) in [6.07, 6.45) is 0.242. The second-order valence-corrected chi connectivity index (χ2v) is 4.21. The molecule has 1 unspecified atom stereocenters. The Morgan fingerprint density at radius 3 is 2.65 bits per heavy atom. The number of benzene rings is 2. The second kappa shape index (κ2) is 5.69. The van der Waals surface area contributed by atoms with Crippen LogP contribution >= 0.6 is 0 Å². The summed E-state index contributed by atoms with van der Waals surface area (Å²) in [5.41, 5.74) is 1.15. The molecule has 0 aliphatic rings. The van der Waals surface area contributed by atoms with Crippen molar-refractivity contribution in [1.82, 2.24) is 0 Å². The van der Waals surface area contributed by atoms with Crippen molar-refractivity contribution in [3.05, 3.63) is 42.5 Å². The minimum atomic E-state index is 0.242. The number of hydrogen-bond donors (Lipinski definition) is 1. The van der Waals surface area contributed by atoms with Crippen molar-refractivity contribution < 1.29 is 4.74 Å². The highest BCUT2D eigenvalue weighted by atomic mass is 16.5. The molecule has 2 heteroatoms. The number of ether oxygens (including phenoxy) is 1. The lowest BCUT2D eigenvalue weighted by Gasteiger charge is -2.13. The molecule has 1 atom stereocenters. The lowest BCUT2D eigenvalue weighted by atomic mass is 10.1. The predicted molar refractivity (Wildman–Crippen MR) is 73.5 cm³/mol. The Balaban J connectivity index is 2.04. The van der Waals surface area contributed by atoms with Crippen molar-refractivity contribution in [3.8, 4) is 0 Å². The molecule has 1 N–H and O–H groups in total. The molecule has 0 fully saturated rings. The van der Waals surface area contributed by atoms with Crippen LogP contribution in [-0.4, -0.2) is 19.3 Å². The van der Waals surface area contributed by atoms with Gasteiger partial charge in [-0.05, 0) is 36.8 Å². The molecule has 0 saturated heterocycles. The van der Waals surface area contributed by atoms with Crippen molar-refractivity contribution in [2.75, 3.05) is 18.5 Å². The first-order chi connectivity index (χ1) is 8.29. The quantitative estimate of drug-likeness (QED) is 0.844. The zero-order chi connectivity index (χ0) is 12.1. The largest absolute Gasteiger partial charge is 0.382 e. The molecule has 2 aromatic carbocycles. The van der Waals surface area contributed by atoms with E-state index in [-0.39, 0.29) is 6.10 Å². The standard InChI is InChI=1S/C15H19NO/c1-3-17-12(2)11-16-15-9-8-13-6-4-5-7-14(13)10-15/h4-10,12,16H,3,11H2,1-2H3. The van der Waals surface area contributed by atoms with E-state index in [1.165, 1.54) is 10.8 Å². The van der Waals surface area contributed by atoms with Gasteiger partial charge in [0.25, 0.3) is 0 Å². The van der Waals surface area contributed by atoms with Crippen molar-refractivity contribution >= 4 is 16.5 Å². The van der Waals surface area contributed by atoms with Crippen molar-refractivity contribution in [3.63, 3.8) is 0 Å². The van der Waals surface area contributed by atoms with Crippen LogP contribution in [0.2, 0.25) is 0 Å². The van der Waals surface area contributed by atoms with E-state index in [1.54, 1.807) is 0 Å². The first-order valence-corrected chi connectivity index (χ1v) is 6.14. The van der Waals surface area contributed by atoms with Gasteiger partial charge in [0.2, 0.25) is 0 Å².